The molecule has 3 aromatic heterocycles. The molecule has 1 saturated heterocycles. The molecule has 0 spiro atoms. The number of aromatic nitrogens is 5. The third-order valence-electron chi connectivity index (χ3n) is 4.79. The van der Waals surface area contributed by atoms with Crippen molar-refractivity contribution >= 4 is 11.8 Å². The third-order valence-corrected chi connectivity index (χ3v) is 4.79. The van der Waals surface area contributed by atoms with Crippen molar-refractivity contribution in [2.45, 2.75) is 32.2 Å². The number of nitrogens with two attached hydrogens (primary N) is 1. The first kappa shape index (κ1) is 16.5. The van der Waals surface area contributed by atoms with Gasteiger partial charge in [0.1, 0.15) is 11.6 Å². The lowest BCUT2D eigenvalue weighted by molar-refractivity contribution is 0.474. The van der Waals surface area contributed by atoms with E-state index < -0.39 is 0 Å². The van der Waals surface area contributed by atoms with E-state index in [-0.39, 0.29) is 0 Å². The fourth-order valence-corrected chi connectivity index (χ4v) is 3.64. The average molecular weight is 349 g/mol. The molecule has 0 aliphatic carbocycles. The smallest absolute Gasteiger partial charge is 0.222 e. The summed E-state index contributed by atoms with van der Waals surface area (Å²) in [5.41, 5.74) is 7.91. The maximum absolute atomic E-state index is 5.83. The van der Waals surface area contributed by atoms with E-state index >= 15 is 0 Å². The summed E-state index contributed by atoms with van der Waals surface area (Å²) in [5.74, 6) is 2.73. The number of anilines is 2. The zero-order valence-corrected chi connectivity index (χ0v) is 14.9. The molecule has 1 aliphatic heterocycles. The summed E-state index contributed by atoms with van der Waals surface area (Å²) in [7, 11) is 0. The van der Waals surface area contributed by atoms with Crippen LogP contribution in [0.15, 0.2) is 43.0 Å². The van der Waals surface area contributed by atoms with Crippen molar-refractivity contribution in [3.8, 4) is 0 Å². The van der Waals surface area contributed by atoms with Crippen LogP contribution in [-0.4, -0.2) is 37.6 Å². The largest absolute Gasteiger partial charge is 0.368 e. The van der Waals surface area contributed by atoms with E-state index in [0.29, 0.717) is 11.9 Å². The van der Waals surface area contributed by atoms with Gasteiger partial charge in [-0.15, -0.1) is 0 Å². The molecule has 0 bridgehead atoms. The second kappa shape index (κ2) is 7.11. The van der Waals surface area contributed by atoms with Crippen LogP contribution in [0.4, 0.5) is 11.8 Å². The Hall–Kier alpha value is -2.96. The minimum atomic E-state index is 0.334. The Labute approximate surface area is 152 Å². The Kier molecular flexibility index (Phi) is 4.51. The van der Waals surface area contributed by atoms with E-state index in [9.17, 15) is 0 Å². The lowest BCUT2D eigenvalue weighted by atomic mass is 9.97. The van der Waals surface area contributed by atoms with Crippen molar-refractivity contribution in [2.24, 2.45) is 0 Å². The van der Waals surface area contributed by atoms with Crippen LogP contribution in [0.1, 0.15) is 35.8 Å². The van der Waals surface area contributed by atoms with Crippen molar-refractivity contribution in [1.82, 2.24) is 24.5 Å². The summed E-state index contributed by atoms with van der Waals surface area (Å²) in [6.07, 6.45) is 9.87. The van der Waals surface area contributed by atoms with Gasteiger partial charge in [0.05, 0.1) is 6.54 Å². The number of hydrogen-bond acceptors (Lipinski definition) is 6. The highest BCUT2D eigenvalue weighted by atomic mass is 15.2. The van der Waals surface area contributed by atoms with Gasteiger partial charge in [0.2, 0.25) is 5.95 Å². The fraction of sp³-hybridized carbons (Fsp3) is 0.368. The number of nitrogens with zero attached hydrogens (tertiary/aromatic N) is 6. The van der Waals surface area contributed by atoms with Crippen LogP contribution in [-0.2, 0) is 6.54 Å². The summed E-state index contributed by atoms with van der Waals surface area (Å²) in [5, 5.41) is 0. The maximum atomic E-state index is 5.83. The van der Waals surface area contributed by atoms with Gasteiger partial charge >= 0.3 is 0 Å². The van der Waals surface area contributed by atoms with Crippen molar-refractivity contribution in [3.05, 3.63) is 60.1 Å². The highest BCUT2D eigenvalue weighted by molar-refractivity contribution is 5.44. The summed E-state index contributed by atoms with van der Waals surface area (Å²) in [6, 6.07) is 6.06. The number of piperidine rings is 1. The first-order valence-corrected chi connectivity index (χ1v) is 8.95. The quantitative estimate of drug-likeness (QED) is 0.778. The number of nitrogen functional groups attached to an aromatic ring is 1. The van der Waals surface area contributed by atoms with Crippen LogP contribution in [0.5, 0.6) is 0 Å². The van der Waals surface area contributed by atoms with Crippen LogP contribution in [0, 0.1) is 6.92 Å². The first-order chi connectivity index (χ1) is 12.7. The minimum absolute atomic E-state index is 0.334. The molecule has 134 valence electrons. The molecule has 4 heterocycles. The summed E-state index contributed by atoms with van der Waals surface area (Å²) in [6.45, 7) is 4.61. The molecule has 1 aliphatic rings. The van der Waals surface area contributed by atoms with Crippen LogP contribution < -0.4 is 10.6 Å². The number of rotatable bonds is 4. The lowest BCUT2D eigenvalue weighted by Gasteiger charge is -2.33. The number of imidazole rings is 1. The van der Waals surface area contributed by atoms with Gasteiger partial charge in [-0.25, -0.2) is 9.97 Å². The molecular weight excluding hydrogens is 326 g/mol. The molecule has 0 aromatic carbocycles. The molecular formula is C19H23N7. The molecule has 0 saturated carbocycles. The van der Waals surface area contributed by atoms with Gasteiger partial charge in [-0.3, -0.25) is 4.98 Å². The average Bonchev–Trinajstić information content (AvgIpc) is 3.10. The fourth-order valence-electron chi connectivity index (χ4n) is 3.64. The zero-order valence-electron chi connectivity index (χ0n) is 14.9. The van der Waals surface area contributed by atoms with E-state index in [1.165, 1.54) is 5.56 Å². The molecule has 7 nitrogen and oxygen atoms in total. The topological polar surface area (TPSA) is 85.8 Å². The van der Waals surface area contributed by atoms with Gasteiger partial charge in [0, 0.05) is 55.6 Å². The number of pyridine rings is 1. The molecule has 2 N–H and O–H groups in total. The van der Waals surface area contributed by atoms with Gasteiger partial charge in [-0.2, -0.15) is 4.98 Å². The van der Waals surface area contributed by atoms with Gasteiger partial charge < -0.3 is 15.2 Å². The summed E-state index contributed by atoms with van der Waals surface area (Å²) in [4.78, 5) is 19.8. The SMILES string of the molecule is Cc1cc(N2CCC[C@@H](c3nccn3Cc3cccnc3)C2)nc(N)n1. The number of aryl methyl sites for hydroxylation is 1. The monoisotopic (exact) mass is 349 g/mol. The zero-order chi connectivity index (χ0) is 17.9. The predicted molar refractivity (Wildman–Crippen MR) is 101 cm³/mol. The normalized spacial score (nSPS) is 17.4. The summed E-state index contributed by atoms with van der Waals surface area (Å²) >= 11 is 0. The highest BCUT2D eigenvalue weighted by Crippen LogP contribution is 2.29. The summed E-state index contributed by atoms with van der Waals surface area (Å²) < 4.78 is 2.23. The first-order valence-electron chi connectivity index (χ1n) is 8.95. The van der Waals surface area contributed by atoms with Crippen LogP contribution in [0.2, 0.25) is 0 Å². The van der Waals surface area contributed by atoms with E-state index in [0.717, 1.165) is 49.8 Å². The maximum Gasteiger partial charge on any atom is 0.222 e. The third kappa shape index (κ3) is 3.51. The molecule has 4 rings (SSSR count). The van der Waals surface area contributed by atoms with Gasteiger partial charge in [-0.1, -0.05) is 6.07 Å². The predicted octanol–water partition coefficient (Wildman–Crippen LogP) is 2.39. The molecule has 1 atom stereocenters. The van der Waals surface area contributed by atoms with Crippen LogP contribution in [0.3, 0.4) is 0 Å². The Balaban J connectivity index is 1.54. The molecule has 1 fully saturated rings. The Morgan fingerprint density at radius 3 is 3.00 bits per heavy atom. The van der Waals surface area contributed by atoms with Gasteiger partial charge in [0.15, 0.2) is 0 Å². The molecule has 26 heavy (non-hydrogen) atoms. The second-order valence-corrected chi connectivity index (χ2v) is 6.79. The van der Waals surface area contributed by atoms with Crippen LogP contribution in [0.25, 0.3) is 0 Å². The van der Waals surface area contributed by atoms with Crippen molar-refractivity contribution in [1.29, 1.82) is 0 Å². The highest BCUT2D eigenvalue weighted by Gasteiger charge is 2.26. The van der Waals surface area contributed by atoms with E-state index in [1.807, 2.05) is 37.6 Å². The second-order valence-electron chi connectivity index (χ2n) is 6.79. The molecule has 0 amide bonds. The number of hydrogen-bond donors (Lipinski definition) is 1. The van der Waals surface area contributed by atoms with Gasteiger partial charge in [0.25, 0.3) is 0 Å². The molecule has 7 heteroatoms. The van der Waals surface area contributed by atoms with Gasteiger partial charge in [-0.05, 0) is 31.4 Å². The molecule has 0 unspecified atom stereocenters. The van der Waals surface area contributed by atoms with E-state index in [2.05, 4.69) is 35.5 Å². The van der Waals surface area contributed by atoms with Crippen molar-refractivity contribution in [2.75, 3.05) is 23.7 Å². The standard InChI is InChI=1S/C19H23N7/c1-14-10-17(24-19(20)23-14)25-8-3-5-16(13-25)18-22-7-9-26(18)12-15-4-2-6-21-11-15/h2,4,6-7,9-11,16H,3,5,8,12-13H2,1H3,(H2,20,23,24)/t16-/m1/s1. The van der Waals surface area contributed by atoms with Crippen molar-refractivity contribution < 1.29 is 0 Å². The Morgan fingerprint density at radius 2 is 2.19 bits per heavy atom. The Morgan fingerprint density at radius 1 is 1.27 bits per heavy atom. The van der Waals surface area contributed by atoms with E-state index in [4.69, 9.17) is 5.73 Å². The van der Waals surface area contributed by atoms with E-state index in [1.54, 1.807) is 6.20 Å². The van der Waals surface area contributed by atoms with Crippen molar-refractivity contribution in [3.63, 3.8) is 0 Å². The molecule has 3 aromatic rings. The van der Waals surface area contributed by atoms with Crippen LogP contribution >= 0.6 is 0 Å². The molecule has 0 radical (unpaired) electrons. The minimum Gasteiger partial charge on any atom is -0.368 e. The Bertz CT molecular complexity index is 854. The lowest BCUT2D eigenvalue weighted by Crippen LogP contribution is -2.36.